The number of nitrogens with two attached hydrogens (primary N) is 1. The average Bonchev–Trinajstić information content (AvgIpc) is 3.16. The van der Waals surface area contributed by atoms with Crippen LogP contribution in [0.1, 0.15) is 213 Å². The smallest absolute Gasteiger partial charge is 0.391 e. The van der Waals surface area contributed by atoms with Gasteiger partial charge in [-0.2, -0.15) is 0 Å². The summed E-state index contributed by atoms with van der Waals surface area (Å²) in [4.78, 5) is 22.8. The third kappa shape index (κ3) is 39.0. The van der Waals surface area contributed by atoms with Crippen molar-refractivity contribution in [2.24, 2.45) is 5.73 Å². The van der Waals surface area contributed by atoms with Gasteiger partial charge in [-0.3, -0.25) is 13.8 Å². The number of rotatable bonds is 42. The number of hydrogen-bond donors (Lipinski definition) is 4. The summed E-state index contributed by atoms with van der Waals surface area (Å²) in [7, 11) is -4.32. The minimum Gasteiger partial charge on any atom is -0.391 e. The van der Waals surface area contributed by atoms with Crippen LogP contribution in [0.5, 0.6) is 0 Å². The largest absolute Gasteiger partial charge is 0.472 e. The molecule has 54 heavy (non-hydrogen) atoms. The van der Waals surface area contributed by atoms with Gasteiger partial charge in [-0.1, -0.05) is 192 Å². The molecule has 0 aliphatic heterocycles. The molecule has 0 heterocycles. The lowest BCUT2D eigenvalue weighted by Gasteiger charge is -2.25. The number of hydrogen-bond acceptors (Lipinski definition) is 6. The molecular weight excluding hydrogens is 695 g/mol. The van der Waals surface area contributed by atoms with E-state index in [4.69, 9.17) is 14.8 Å². The van der Waals surface area contributed by atoms with Crippen LogP contribution in [-0.2, 0) is 18.4 Å². The van der Waals surface area contributed by atoms with Crippen molar-refractivity contribution in [2.45, 2.75) is 225 Å². The maximum absolute atomic E-state index is 12.8. The van der Waals surface area contributed by atoms with Gasteiger partial charge in [-0.15, -0.1) is 0 Å². The summed E-state index contributed by atoms with van der Waals surface area (Å²) >= 11 is 0. The summed E-state index contributed by atoms with van der Waals surface area (Å²) in [6.45, 7) is 4.18. The summed E-state index contributed by atoms with van der Waals surface area (Å²) < 4.78 is 22.2. The Balaban J connectivity index is 4.17. The summed E-state index contributed by atoms with van der Waals surface area (Å²) in [5, 5.41) is 13.8. The second-order valence-electron chi connectivity index (χ2n) is 15.3. The molecule has 318 valence electrons. The molecule has 0 aromatic heterocycles. The van der Waals surface area contributed by atoms with Crippen molar-refractivity contribution in [3.8, 4) is 0 Å². The number of carbonyl (C=O) groups excluding carboxylic acids is 1. The predicted octanol–water partition coefficient (Wildman–Crippen LogP) is 12.7. The molecule has 0 radical (unpaired) electrons. The SMILES string of the molecule is CCCCC/C=C\C/C=C\C/C=C\CCCCCCCCC(=O)NC(COP(=O)(O)OCCN)C(O)CCCCCCCCCCCCCCCCCC. The number of amides is 1. The molecule has 0 aliphatic rings. The first-order valence-corrected chi connectivity index (χ1v) is 24.1. The summed E-state index contributed by atoms with van der Waals surface area (Å²) in [5.74, 6) is -0.174. The molecule has 0 aliphatic carbocycles. The Bertz CT molecular complexity index is 943. The molecule has 0 aromatic carbocycles. The van der Waals surface area contributed by atoms with Gasteiger partial charge in [0.2, 0.25) is 5.91 Å². The first kappa shape index (κ1) is 52.7. The number of phosphoric acid groups is 1. The van der Waals surface area contributed by atoms with E-state index >= 15 is 0 Å². The lowest BCUT2D eigenvalue weighted by atomic mass is 10.0. The Labute approximate surface area is 333 Å². The zero-order chi connectivity index (χ0) is 39.6. The van der Waals surface area contributed by atoms with Crippen LogP contribution in [-0.4, -0.2) is 47.8 Å². The van der Waals surface area contributed by atoms with Crippen molar-refractivity contribution in [3.05, 3.63) is 36.5 Å². The Hall–Kier alpha value is -1.28. The molecule has 5 N–H and O–H groups in total. The van der Waals surface area contributed by atoms with Gasteiger partial charge in [0.1, 0.15) is 0 Å². The van der Waals surface area contributed by atoms with Crippen LogP contribution < -0.4 is 11.1 Å². The fraction of sp³-hybridized carbons (Fsp3) is 0.844. The van der Waals surface area contributed by atoms with E-state index in [0.717, 1.165) is 64.2 Å². The van der Waals surface area contributed by atoms with E-state index in [2.05, 4.69) is 55.6 Å². The van der Waals surface area contributed by atoms with Gasteiger partial charge in [0.05, 0.1) is 25.4 Å². The number of phosphoric ester groups is 1. The van der Waals surface area contributed by atoms with Crippen LogP contribution in [0, 0.1) is 0 Å². The maximum Gasteiger partial charge on any atom is 0.472 e. The van der Waals surface area contributed by atoms with E-state index in [1.807, 2.05) is 0 Å². The van der Waals surface area contributed by atoms with Crippen molar-refractivity contribution >= 4 is 13.7 Å². The molecular formula is C45H87N2O6P. The fourth-order valence-electron chi connectivity index (χ4n) is 6.56. The van der Waals surface area contributed by atoms with E-state index < -0.39 is 20.0 Å². The van der Waals surface area contributed by atoms with Gasteiger partial charge in [0.15, 0.2) is 0 Å². The molecule has 9 heteroatoms. The molecule has 0 saturated heterocycles. The van der Waals surface area contributed by atoms with E-state index in [-0.39, 0.29) is 25.7 Å². The first-order chi connectivity index (χ1) is 26.4. The van der Waals surface area contributed by atoms with Gasteiger partial charge in [-0.05, 0) is 51.4 Å². The standard InChI is InChI=1S/C45H87N2O6P/c1-3-5-7-9-11-13-15-17-19-21-22-23-25-27-29-31-33-35-37-39-45(49)47-43(42-53-54(50,51)52-41-40-46)44(48)38-36-34-32-30-28-26-24-20-18-16-14-12-10-8-6-4-2/h11,13,17,19,22-23,43-44,48H,3-10,12,14-16,18,20-21,24-42,46H2,1-2H3,(H,47,49)(H,50,51)/b13-11-,19-17-,23-22-. The number of nitrogens with one attached hydrogen (secondary N) is 1. The van der Waals surface area contributed by atoms with Crippen LogP contribution in [0.3, 0.4) is 0 Å². The fourth-order valence-corrected chi connectivity index (χ4v) is 7.31. The van der Waals surface area contributed by atoms with Crippen LogP contribution >= 0.6 is 7.82 Å². The predicted molar refractivity (Wildman–Crippen MR) is 231 cm³/mol. The number of aliphatic hydroxyl groups is 1. The molecule has 0 rings (SSSR count). The van der Waals surface area contributed by atoms with Crippen LogP contribution in [0.4, 0.5) is 0 Å². The zero-order valence-corrected chi connectivity index (χ0v) is 36.1. The highest BCUT2D eigenvalue weighted by Crippen LogP contribution is 2.43. The van der Waals surface area contributed by atoms with Crippen molar-refractivity contribution < 1.29 is 28.4 Å². The van der Waals surface area contributed by atoms with Gasteiger partial charge in [-0.25, -0.2) is 4.57 Å². The minimum atomic E-state index is -4.32. The maximum atomic E-state index is 12.8. The zero-order valence-electron chi connectivity index (χ0n) is 35.2. The topological polar surface area (TPSA) is 131 Å². The van der Waals surface area contributed by atoms with Crippen molar-refractivity contribution in [1.29, 1.82) is 0 Å². The summed E-state index contributed by atoms with van der Waals surface area (Å²) in [6.07, 6.45) is 48.6. The third-order valence-electron chi connectivity index (χ3n) is 10.00. The molecule has 0 bridgehead atoms. The molecule has 3 unspecified atom stereocenters. The van der Waals surface area contributed by atoms with Crippen molar-refractivity contribution in [3.63, 3.8) is 0 Å². The Morgan fingerprint density at radius 3 is 1.52 bits per heavy atom. The molecule has 0 aromatic rings. The second-order valence-corrected chi connectivity index (χ2v) is 16.7. The monoisotopic (exact) mass is 783 g/mol. The van der Waals surface area contributed by atoms with Crippen molar-refractivity contribution in [2.75, 3.05) is 19.8 Å². The minimum absolute atomic E-state index is 0.0859. The lowest BCUT2D eigenvalue weighted by molar-refractivity contribution is -0.123. The Kier molecular flexibility index (Phi) is 40.4. The van der Waals surface area contributed by atoms with E-state index in [9.17, 15) is 19.4 Å². The van der Waals surface area contributed by atoms with Crippen molar-refractivity contribution in [1.82, 2.24) is 5.32 Å². The number of aliphatic hydroxyl groups excluding tert-OH is 1. The highest BCUT2D eigenvalue weighted by Gasteiger charge is 2.27. The quantitative estimate of drug-likeness (QED) is 0.0275. The van der Waals surface area contributed by atoms with Crippen LogP contribution in [0.25, 0.3) is 0 Å². The van der Waals surface area contributed by atoms with Gasteiger partial charge in [0, 0.05) is 13.0 Å². The first-order valence-electron chi connectivity index (χ1n) is 22.6. The molecule has 0 spiro atoms. The lowest BCUT2D eigenvalue weighted by Crippen LogP contribution is -2.46. The highest BCUT2D eigenvalue weighted by atomic mass is 31.2. The molecule has 3 atom stereocenters. The molecule has 8 nitrogen and oxygen atoms in total. The highest BCUT2D eigenvalue weighted by molar-refractivity contribution is 7.47. The normalized spacial score (nSPS) is 14.4. The van der Waals surface area contributed by atoms with Crippen LogP contribution in [0.2, 0.25) is 0 Å². The Morgan fingerprint density at radius 2 is 1.02 bits per heavy atom. The van der Waals surface area contributed by atoms with Crippen LogP contribution in [0.15, 0.2) is 36.5 Å². The van der Waals surface area contributed by atoms with Gasteiger partial charge >= 0.3 is 7.82 Å². The second kappa shape index (κ2) is 41.4. The van der Waals surface area contributed by atoms with E-state index in [1.165, 1.54) is 122 Å². The Morgan fingerprint density at radius 1 is 0.611 bits per heavy atom. The van der Waals surface area contributed by atoms with Gasteiger partial charge in [0.25, 0.3) is 0 Å². The molecule has 0 saturated carbocycles. The van der Waals surface area contributed by atoms with E-state index in [0.29, 0.717) is 12.8 Å². The average molecular weight is 783 g/mol. The summed E-state index contributed by atoms with van der Waals surface area (Å²) in [6, 6.07) is -0.781. The number of allylic oxidation sites excluding steroid dienone is 6. The molecule has 0 fully saturated rings. The third-order valence-corrected chi connectivity index (χ3v) is 11.0. The summed E-state index contributed by atoms with van der Waals surface area (Å²) in [5.41, 5.74) is 5.38. The van der Waals surface area contributed by atoms with E-state index in [1.54, 1.807) is 0 Å². The van der Waals surface area contributed by atoms with Gasteiger partial charge < -0.3 is 21.1 Å². The number of carbonyl (C=O) groups is 1. The number of unbranched alkanes of at least 4 members (excludes halogenated alkanes) is 24. The molecule has 1 amide bonds.